The number of allylic oxidation sites excluding steroid dienone is 2. The zero-order valence-electron chi connectivity index (χ0n) is 15.8. The number of carbonyl (C=O) groups is 1. The van der Waals surface area contributed by atoms with E-state index in [4.69, 9.17) is 4.74 Å². The van der Waals surface area contributed by atoms with Crippen molar-refractivity contribution in [2.24, 2.45) is 5.92 Å². The fourth-order valence-electron chi connectivity index (χ4n) is 2.35. The summed E-state index contributed by atoms with van der Waals surface area (Å²) >= 11 is 0. The number of benzene rings is 1. The standard InChI is InChI=1S/C19H25NO2.C2H6/c1-13(2)22-19-10-17(15(4)21)9-18(11-19)20-12-16-7-5-14(3)6-8-16;1-2/h5,7-11,13-14,20H,6,12H2,1-4H3;1-2H3. The minimum absolute atomic E-state index is 0.0443. The van der Waals surface area contributed by atoms with Gasteiger partial charge >= 0.3 is 0 Å². The van der Waals surface area contributed by atoms with Crippen LogP contribution in [0, 0.1) is 5.92 Å². The molecule has 0 amide bonds. The van der Waals surface area contributed by atoms with Crippen molar-refractivity contribution in [1.29, 1.82) is 0 Å². The number of anilines is 1. The summed E-state index contributed by atoms with van der Waals surface area (Å²) in [4.78, 5) is 11.7. The molecular weight excluding hydrogens is 298 g/mol. The number of nitrogens with one attached hydrogen (secondary N) is 1. The maximum Gasteiger partial charge on any atom is 0.160 e. The molecule has 132 valence electrons. The molecule has 1 N–H and O–H groups in total. The van der Waals surface area contributed by atoms with Crippen molar-refractivity contribution in [1.82, 2.24) is 0 Å². The number of hydrogen-bond acceptors (Lipinski definition) is 3. The Kier molecular flexibility index (Phi) is 8.31. The largest absolute Gasteiger partial charge is 0.491 e. The van der Waals surface area contributed by atoms with Crippen molar-refractivity contribution >= 4 is 11.5 Å². The van der Waals surface area contributed by atoms with Gasteiger partial charge in [0.25, 0.3) is 0 Å². The molecule has 3 nitrogen and oxygen atoms in total. The highest BCUT2D eigenvalue weighted by molar-refractivity contribution is 5.95. The summed E-state index contributed by atoms with van der Waals surface area (Å²) in [6, 6.07) is 5.63. The van der Waals surface area contributed by atoms with Gasteiger partial charge in [0.05, 0.1) is 6.10 Å². The van der Waals surface area contributed by atoms with Crippen LogP contribution in [-0.2, 0) is 0 Å². The Morgan fingerprint density at radius 1 is 1.29 bits per heavy atom. The lowest BCUT2D eigenvalue weighted by Gasteiger charge is -2.16. The minimum atomic E-state index is 0.0443. The first-order valence-corrected chi connectivity index (χ1v) is 8.88. The topological polar surface area (TPSA) is 38.3 Å². The molecule has 1 aliphatic carbocycles. The molecule has 0 saturated carbocycles. The van der Waals surface area contributed by atoms with Crippen molar-refractivity contribution < 1.29 is 9.53 Å². The van der Waals surface area contributed by atoms with Gasteiger partial charge in [0, 0.05) is 23.9 Å². The summed E-state index contributed by atoms with van der Waals surface area (Å²) in [7, 11) is 0. The molecule has 2 rings (SSSR count). The van der Waals surface area contributed by atoms with Crippen molar-refractivity contribution in [3.05, 3.63) is 47.6 Å². The molecule has 0 heterocycles. The van der Waals surface area contributed by atoms with Crippen LogP contribution >= 0.6 is 0 Å². The number of carbonyl (C=O) groups excluding carboxylic acids is 1. The minimum Gasteiger partial charge on any atom is -0.491 e. The van der Waals surface area contributed by atoms with Gasteiger partial charge in [-0.2, -0.15) is 0 Å². The summed E-state index contributed by atoms with van der Waals surface area (Å²) in [5, 5.41) is 3.39. The summed E-state index contributed by atoms with van der Waals surface area (Å²) in [5.74, 6) is 1.39. The van der Waals surface area contributed by atoms with Crippen LogP contribution in [0.15, 0.2) is 42.0 Å². The van der Waals surface area contributed by atoms with Crippen LogP contribution < -0.4 is 10.1 Å². The zero-order chi connectivity index (χ0) is 18.1. The first-order chi connectivity index (χ1) is 11.4. The van der Waals surface area contributed by atoms with E-state index < -0.39 is 0 Å². The molecule has 0 fully saturated rings. The fraction of sp³-hybridized carbons (Fsp3) is 0.476. The van der Waals surface area contributed by atoms with E-state index in [0.717, 1.165) is 24.4 Å². The molecule has 0 aromatic heterocycles. The maximum absolute atomic E-state index is 11.7. The number of rotatable bonds is 6. The van der Waals surface area contributed by atoms with Gasteiger partial charge in [-0.1, -0.05) is 39.0 Å². The first kappa shape index (κ1) is 20.0. The van der Waals surface area contributed by atoms with Crippen LogP contribution in [0.1, 0.15) is 58.3 Å². The average Bonchev–Trinajstić information content (AvgIpc) is 2.55. The highest BCUT2D eigenvalue weighted by atomic mass is 16.5. The molecule has 0 bridgehead atoms. The van der Waals surface area contributed by atoms with Crippen molar-refractivity contribution in [2.45, 2.75) is 54.1 Å². The van der Waals surface area contributed by atoms with Gasteiger partial charge in [-0.25, -0.2) is 0 Å². The molecule has 3 heteroatoms. The summed E-state index contributed by atoms with van der Waals surface area (Å²) in [6.45, 7) is 12.5. The lowest BCUT2D eigenvalue weighted by atomic mass is 9.98. The van der Waals surface area contributed by atoms with Gasteiger partial charge < -0.3 is 10.1 Å². The Morgan fingerprint density at radius 3 is 2.54 bits per heavy atom. The Hall–Kier alpha value is -2.03. The Morgan fingerprint density at radius 2 is 2.00 bits per heavy atom. The maximum atomic E-state index is 11.7. The van der Waals surface area contributed by atoms with E-state index in [1.165, 1.54) is 5.57 Å². The predicted octanol–water partition coefficient (Wildman–Crippen LogP) is 5.64. The Bertz CT molecular complexity index is 600. The molecule has 0 saturated heterocycles. The molecule has 1 aromatic rings. The van der Waals surface area contributed by atoms with Crippen LogP contribution in [0.2, 0.25) is 0 Å². The second-order valence-electron chi connectivity index (χ2n) is 6.17. The lowest BCUT2D eigenvalue weighted by Crippen LogP contribution is -2.09. The zero-order valence-corrected chi connectivity index (χ0v) is 15.8. The van der Waals surface area contributed by atoms with E-state index in [1.807, 2.05) is 39.8 Å². The Balaban J connectivity index is 0.00000139. The van der Waals surface area contributed by atoms with Crippen molar-refractivity contribution in [2.75, 3.05) is 11.9 Å². The number of Topliss-reactive ketones (excluding diaryl/α,β-unsaturated/α-hetero) is 1. The second-order valence-corrected chi connectivity index (χ2v) is 6.17. The van der Waals surface area contributed by atoms with E-state index in [0.29, 0.717) is 11.5 Å². The number of hydrogen-bond donors (Lipinski definition) is 1. The number of ether oxygens (including phenoxy) is 1. The third-order valence-electron chi connectivity index (χ3n) is 3.57. The first-order valence-electron chi connectivity index (χ1n) is 8.88. The van der Waals surface area contributed by atoms with E-state index in [-0.39, 0.29) is 11.9 Å². The van der Waals surface area contributed by atoms with Gasteiger partial charge in [0.1, 0.15) is 5.75 Å². The van der Waals surface area contributed by atoms with Crippen molar-refractivity contribution in [3.8, 4) is 5.75 Å². The van der Waals surface area contributed by atoms with Crippen molar-refractivity contribution in [3.63, 3.8) is 0 Å². The summed E-state index contributed by atoms with van der Waals surface area (Å²) in [6.07, 6.45) is 7.83. The normalized spacial score (nSPS) is 16.1. The molecule has 1 aromatic carbocycles. The SMILES string of the molecule is CC.CC(=O)c1cc(NCC2=CCC(C)C=C2)cc(OC(C)C)c1. The second kappa shape index (κ2) is 9.96. The predicted molar refractivity (Wildman–Crippen MR) is 103 cm³/mol. The number of ketones is 1. The highest BCUT2D eigenvalue weighted by Gasteiger charge is 2.08. The fourth-order valence-corrected chi connectivity index (χ4v) is 2.35. The van der Waals surface area contributed by atoms with Gasteiger partial charge in [-0.15, -0.1) is 0 Å². The smallest absolute Gasteiger partial charge is 0.160 e. The van der Waals surface area contributed by atoms with Gasteiger partial charge in [0.2, 0.25) is 0 Å². The molecule has 1 atom stereocenters. The van der Waals surface area contributed by atoms with Gasteiger partial charge in [-0.3, -0.25) is 4.79 Å². The van der Waals surface area contributed by atoms with E-state index in [9.17, 15) is 4.79 Å². The average molecular weight is 329 g/mol. The third-order valence-corrected chi connectivity index (χ3v) is 3.57. The Labute approximate surface area is 146 Å². The summed E-state index contributed by atoms with van der Waals surface area (Å²) in [5.41, 5.74) is 2.86. The highest BCUT2D eigenvalue weighted by Crippen LogP contribution is 2.23. The molecule has 0 radical (unpaired) electrons. The summed E-state index contributed by atoms with van der Waals surface area (Å²) < 4.78 is 5.73. The molecular formula is C21H31NO2. The molecule has 0 aliphatic heterocycles. The van der Waals surface area contributed by atoms with Crippen LogP contribution in [0.4, 0.5) is 5.69 Å². The van der Waals surface area contributed by atoms with Crippen LogP contribution in [0.3, 0.4) is 0 Å². The lowest BCUT2D eigenvalue weighted by molar-refractivity contribution is 0.101. The molecule has 1 aliphatic rings. The molecule has 0 spiro atoms. The monoisotopic (exact) mass is 329 g/mol. The van der Waals surface area contributed by atoms with Crippen LogP contribution in [0.5, 0.6) is 5.75 Å². The van der Waals surface area contributed by atoms with E-state index in [2.05, 4.69) is 30.5 Å². The third kappa shape index (κ3) is 6.61. The molecule has 1 unspecified atom stereocenters. The van der Waals surface area contributed by atoms with Crippen LogP contribution in [0.25, 0.3) is 0 Å². The molecule has 24 heavy (non-hydrogen) atoms. The van der Waals surface area contributed by atoms with Crippen LogP contribution in [-0.4, -0.2) is 18.4 Å². The quantitative estimate of drug-likeness (QED) is 0.687. The van der Waals surface area contributed by atoms with E-state index in [1.54, 1.807) is 13.0 Å². The van der Waals surface area contributed by atoms with Gasteiger partial charge in [0.15, 0.2) is 5.78 Å². The van der Waals surface area contributed by atoms with Gasteiger partial charge in [-0.05, 0) is 50.8 Å². The van der Waals surface area contributed by atoms with E-state index >= 15 is 0 Å².